The first-order chi connectivity index (χ1) is 30.9. The number of halogens is 4. The fourth-order valence-electron chi connectivity index (χ4n) is 9.50. The van der Waals surface area contributed by atoms with E-state index in [9.17, 15) is 4.79 Å². The third kappa shape index (κ3) is 8.50. The standard InChI is InChI=1S/C52H52Cl4N2O6/c1-29-13-23-35(49(57-3)41(29)39-11-7-9-25-62-39)37(31-15-19-33(60-5)20-16-31)27-52(44-43(51(59)64-52)45(53)47(55)48(56)46(44)54)28-38(32-17-21-34(61-6)22-18-32)36-24-14-30(2)42(50(36)58-4)40-12-8-10-26-63-40/h13-24,27-28,39-40,57-58H,7-12,25-26H2,1-6H3. The fourth-order valence-corrected chi connectivity index (χ4v) is 10.6. The third-order valence-electron chi connectivity index (χ3n) is 12.7. The maximum absolute atomic E-state index is 14.6. The van der Waals surface area contributed by atoms with Crippen molar-refractivity contribution in [3.05, 3.63) is 161 Å². The Morgan fingerprint density at radius 1 is 0.625 bits per heavy atom. The molecule has 2 fully saturated rings. The number of ether oxygens (including phenoxy) is 5. The van der Waals surface area contributed by atoms with Crippen molar-refractivity contribution in [2.24, 2.45) is 0 Å². The SMILES string of the molecule is CNc1c(C(=CC2(C=C(c3ccc(OC)cc3)c3ccc(C)c(C4CCCCO4)c3NC)OC(=O)c3c(Cl)c(Cl)c(Cl)c(Cl)c32)c2ccc(OC)cc2)ccc(C)c1C1CCCCO1. The molecule has 0 spiro atoms. The van der Waals surface area contributed by atoms with Crippen LogP contribution in [0.4, 0.5) is 11.4 Å². The van der Waals surface area contributed by atoms with Crippen molar-refractivity contribution in [3.8, 4) is 11.5 Å². The molecule has 0 bridgehead atoms. The number of cyclic esters (lactones) is 1. The van der Waals surface area contributed by atoms with Crippen LogP contribution in [0.3, 0.4) is 0 Å². The Morgan fingerprint density at radius 3 is 1.45 bits per heavy atom. The quantitative estimate of drug-likeness (QED) is 0.0727. The van der Waals surface area contributed by atoms with Gasteiger partial charge in [-0.3, -0.25) is 0 Å². The average Bonchev–Trinajstić information content (AvgIpc) is 3.62. The number of carbonyl (C=O) groups is 1. The van der Waals surface area contributed by atoms with Crippen LogP contribution in [-0.4, -0.2) is 47.5 Å². The van der Waals surface area contributed by atoms with Gasteiger partial charge in [0, 0.05) is 66.5 Å². The van der Waals surface area contributed by atoms with Gasteiger partial charge >= 0.3 is 5.97 Å². The van der Waals surface area contributed by atoms with E-state index in [2.05, 4.69) is 48.7 Å². The second-order valence-electron chi connectivity index (χ2n) is 16.4. The molecule has 5 aromatic rings. The highest BCUT2D eigenvalue weighted by Crippen LogP contribution is 2.55. The number of benzene rings is 5. The lowest BCUT2D eigenvalue weighted by Crippen LogP contribution is -2.24. The molecule has 0 saturated carbocycles. The highest BCUT2D eigenvalue weighted by molar-refractivity contribution is 6.53. The predicted octanol–water partition coefficient (Wildman–Crippen LogP) is 14.1. The number of esters is 1. The Hall–Kier alpha value is -4.67. The van der Waals surface area contributed by atoms with Gasteiger partial charge in [0.25, 0.3) is 0 Å². The van der Waals surface area contributed by atoms with Crippen molar-refractivity contribution in [1.29, 1.82) is 0 Å². The summed E-state index contributed by atoms with van der Waals surface area (Å²) >= 11 is 28.0. The second kappa shape index (κ2) is 19.4. The maximum atomic E-state index is 14.6. The van der Waals surface area contributed by atoms with Crippen LogP contribution in [0.2, 0.25) is 20.1 Å². The monoisotopic (exact) mass is 940 g/mol. The lowest BCUT2D eigenvalue weighted by molar-refractivity contribution is 0.0149. The van der Waals surface area contributed by atoms with Crippen LogP contribution in [0.25, 0.3) is 11.1 Å². The van der Waals surface area contributed by atoms with Gasteiger partial charge in [0.15, 0.2) is 5.60 Å². The van der Waals surface area contributed by atoms with Crippen molar-refractivity contribution in [3.63, 3.8) is 0 Å². The topological polar surface area (TPSA) is 87.3 Å². The van der Waals surface area contributed by atoms with E-state index < -0.39 is 11.6 Å². The van der Waals surface area contributed by atoms with Gasteiger partial charge in [0.2, 0.25) is 0 Å². The number of hydrogen-bond donors (Lipinski definition) is 2. The molecule has 5 aromatic carbocycles. The molecule has 3 heterocycles. The zero-order chi connectivity index (χ0) is 45.3. The van der Waals surface area contributed by atoms with Gasteiger partial charge < -0.3 is 34.3 Å². The van der Waals surface area contributed by atoms with Gasteiger partial charge in [-0.05, 0) is 122 Å². The van der Waals surface area contributed by atoms with Crippen LogP contribution >= 0.6 is 46.4 Å². The normalized spacial score (nSPS) is 20.1. The minimum atomic E-state index is -1.75. The molecule has 2 unspecified atom stereocenters. The molecule has 0 aliphatic carbocycles. The minimum Gasteiger partial charge on any atom is -0.497 e. The summed E-state index contributed by atoms with van der Waals surface area (Å²) in [5.74, 6) is 0.650. The molecule has 2 N–H and O–H groups in total. The number of anilines is 2. The number of rotatable bonds is 12. The molecule has 64 heavy (non-hydrogen) atoms. The number of hydrogen-bond acceptors (Lipinski definition) is 8. The van der Waals surface area contributed by atoms with Crippen LogP contribution in [-0.2, 0) is 19.8 Å². The predicted molar refractivity (Wildman–Crippen MR) is 260 cm³/mol. The zero-order valence-corrected chi connectivity index (χ0v) is 39.9. The van der Waals surface area contributed by atoms with Gasteiger partial charge in [-0.2, -0.15) is 0 Å². The van der Waals surface area contributed by atoms with Gasteiger partial charge in [-0.15, -0.1) is 0 Å². The molecule has 0 aromatic heterocycles. The van der Waals surface area contributed by atoms with E-state index in [1.807, 2.05) is 74.8 Å². The van der Waals surface area contributed by atoms with Crippen LogP contribution in [0, 0.1) is 13.8 Å². The molecule has 3 aliphatic rings. The Balaban J connectivity index is 1.52. The van der Waals surface area contributed by atoms with Crippen molar-refractivity contribution in [1.82, 2.24) is 0 Å². The zero-order valence-electron chi connectivity index (χ0n) is 36.9. The summed E-state index contributed by atoms with van der Waals surface area (Å²) in [5, 5.41) is 7.05. The lowest BCUT2D eigenvalue weighted by Gasteiger charge is -2.31. The van der Waals surface area contributed by atoms with E-state index in [-0.39, 0.29) is 43.4 Å². The number of carbonyl (C=O) groups excluding carboxylic acids is 1. The lowest BCUT2D eigenvalue weighted by atomic mass is 9.81. The van der Waals surface area contributed by atoms with E-state index >= 15 is 0 Å². The second-order valence-corrected chi connectivity index (χ2v) is 17.9. The number of aryl methyl sites for hydroxylation is 2. The molecule has 0 radical (unpaired) electrons. The fraction of sp³-hybridized carbons (Fsp3) is 0.327. The summed E-state index contributed by atoms with van der Waals surface area (Å²) in [4.78, 5) is 14.6. The van der Waals surface area contributed by atoms with Crippen LogP contribution in [0.15, 0.2) is 84.9 Å². The minimum absolute atomic E-state index is 0.000445. The summed E-state index contributed by atoms with van der Waals surface area (Å²) in [5.41, 5.74) is 9.40. The van der Waals surface area contributed by atoms with Crippen LogP contribution in [0.5, 0.6) is 11.5 Å². The van der Waals surface area contributed by atoms with Crippen LogP contribution < -0.4 is 20.1 Å². The average molecular weight is 943 g/mol. The Bertz CT molecular complexity index is 2490. The van der Waals surface area contributed by atoms with E-state index in [0.29, 0.717) is 24.7 Å². The number of fused-ring (bicyclic) bond motifs is 1. The summed E-state index contributed by atoms with van der Waals surface area (Å²) in [6, 6.07) is 24.0. The third-order valence-corrected chi connectivity index (χ3v) is 14.5. The van der Waals surface area contributed by atoms with E-state index in [1.165, 1.54) is 0 Å². The van der Waals surface area contributed by atoms with Gasteiger partial charge in [0.1, 0.15) is 11.5 Å². The Kier molecular flexibility index (Phi) is 13.9. The van der Waals surface area contributed by atoms with Gasteiger partial charge in [0.05, 0.1) is 52.1 Å². The highest BCUT2D eigenvalue weighted by Gasteiger charge is 2.49. The summed E-state index contributed by atoms with van der Waals surface area (Å²) in [6.07, 6.45) is 9.56. The van der Waals surface area contributed by atoms with Gasteiger partial charge in [-0.25, -0.2) is 4.79 Å². The van der Waals surface area contributed by atoms with Crippen molar-refractivity contribution in [2.45, 2.75) is 70.2 Å². The van der Waals surface area contributed by atoms with E-state index in [0.717, 1.165) is 106 Å². The Morgan fingerprint density at radius 2 is 1.06 bits per heavy atom. The van der Waals surface area contributed by atoms with Crippen molar-refractivity contribution < 1.29 is 28.5 Å². The summed E-state index contributed by atoms with van der Waals surface area (Å²) in [7, 11) is 7.10. The van der Waals surface area contributed by atoms with Gasteiger partial charge in [-0.1, -0.05) is 94.9 Å². The number of methoxy groups -OCH3 is 2. The first-order valence-corrected chi connectivity index (χ1v) is 23.2. The summed E-state index contributed by atoms with van der Waals surface area (Å²) in [6.45, 7) is 5.57. The largest absolute Gasteiger partial charge is 0.497 e. The first-order valence-electron chi connectivity index (χ1n) is 21.7. The number of nitrogens with one attached hydrogen (secondary N) is 2. The van der Waals surface area contributed by atoms with E-state index in [1.54, 1.807) is 14.2 Å². The molecule has 8 nitrogen and oxygen atoms in total. The molecule has 12 heteroatoms. The van der Waals surface area contributed by atoms with Crippen LogP contribution in [0.1, 0.15) is 111 Å². The van der Waals surface area contributed by atoms with Crippen molar-refractivity contribution in [2.75, 3.05) is 52.2 Å². The maximum Gasteiger partial charge on any atom is 0.341 e. The Labute approximate surface area is 395 Å². The molecule has 334 valence electrons. The molecule has 2 atom stereocenters. The smallest absolute Gasteiger partial charge is 0.341 e. The summed E-state index contributed by atoms with van der Waals surface area (Å²) < 4.78 is 30.9. The molecule has 3 aliphatic heterocycles. The molecular formula is C52H52Cl4N2O6. The molecule has 2 saturated heterocycles. The van der Waals surface area contributed by atoms with Crippen molar-refractivity contribution >= 4 is 74.9 Å². The molecular weight excluding hydrogens is 890 g/mol. The molecule has 8 rings (SSSR count). The highest BCUT2D eigenvalue weighted by atomic mass is 35.5. The van der Waals surface area contributed by atoms with E-state index in [4.69, 9.17) is 70.1 Å². The molecule has 0 amide bonds. The first kappa shape index (κ1) is 45.9.